The largest absolute Gasteiger partial charge is 0.357 e. The molecule has 3 rings (SSSR count). The zero-order valence-corrected chi connectivity index (χ0v) is 19.8. The molecular weight excluding hydrogens is 406 g/mol. The first-order valence-corrected chi connectivity index (χ1v) is 12.2. The predicted molar refractivity (Wildman–Crippen MR) is 128 cm³/mol. The average Bonchev–Trinajstić information content (AvgIpc) is 3.26. The first-order valence-electron chi connectivity index (χ1n) is 11.3. The normalized spacial score (nSPS) is 15.4. The second kappa shape index (κ2) is 11.8. The molecule has 6 nitrogen and oxygen atoms in total. The van der Waals surface area contributed by atoms with Crippen molar-refractivity contribution in [1.82, 2.24) is 20.5 Å². The second-order valence-corrected chi connectivity index (χ2v) is 9.33. The third-order valence-corrected chi connectivity index (χ3v) is 6.49. The third kappa shape index (κ3) is 7.35. The van der Waals surface area contributed by atoms with Gasteiger partial charge in [-0.25, -0.2) is 9.98 Å². The molecule has 1 aliphatic rings. The van der Waals surface area contributed by atoms with Crippen LogP contribution in [0.5, 0.6) is 0 Å². The van der Waals surface area contributed by atoms with Crippen molar-refractivity contribution in [2.24, 2.45) is 10.9 Å². The summed E-state index contributed by atoms with van der Waals surface area (Å²) in [6.45, 7) is 9.51. The highest BCUT2D eigenvalue weighted by Gasteiger charge is 2.22. The quantitative estimate of drug-likeness (QED) is 0.483. The van der Waals surface area contributed by atoms with Crippen molar-refractivity contribution in [3.05, 3.63) is 52.0 Å². The summed E-state index contributed by atoms with van der Waals surface area (Å²) in [4.78, 5) is 23.8. The number of thiazole rings is 1. The highest BCUT2D eigenvalue weighted by atomic mass is 32.1. The number of amides is 1. The molecule has 1 aromatic carbocycles. The molecular formula is C24H35N5OS. The maximum Gasteiger partial charge on any atom is 0.244 e. The highest BCUT2D eigenvalue weighted by molar-refractivity contribution is 7.09. The highest BCUT2D eigenvalue weighted by Crippen LogP contribution is 2.22. The van der Waals surface area contributed by atoms with Gasteiger partial charge < -0.3 is 15.5 Å². The molecule has 0 spiro atoms. The van der Waals surface area contributed by atoms with E-state index in [9.17, 15) is 4.79 Å². The maximum absolute atomic E-state index is 12.7. The van der Waals surface area contributed by atoms with Gasteiger partial charge in [0.25, 0.3) is 0 Å². The number of carbonyl (C=O) groups is 1. The number of hydrogen-bond acceptors (Lipinski definition) is 4. The molecule has 0 saturated carbocycles. The van der Waals surface area contributed by atoms with Crippen LogP contribution in [0.1, 0.15) is 55.8 Å². The molecule has 0 aliphatic carbocycles. The summed E-state index contributed by atoms with van der Waals surface area (Å²) >= 11 is 1.65. The summed E-state index contributed by atoms with van der Waals surface area (Å²) in [5.41, 5.74) is 2.51. The number of aromatic nitrogens is 1. The monoisotopic (exact) mass is 441 g/mol. The summed E-state index contributed by atoms with van der Waals surface area (Å²) in [6.07, 6.45) is 3.22. The Labute approximate surface area is 190 Å². The molecule has 1 saturated heterocycles. The SMILES string of the molecule is CCNC(=NCC(=O)N1CCC(Cc2ccccc2)CC1)NCc1nc(C(C)C)cs1. The number of nitrogens with one attached hydrogen (secondary N) is 2. The standard InChI is InChI=1S/C24H35N5OS/c1-4-25-24(26-15-22-28-21(17-31-22)18(2)3)27-16-23(30)29-12-10-20(11-13-29)14-19-8-6-5-7-9-19/h5-9,17-18,20H,4,10-16H2,1-3H3,(H2,25,26,27). The molecule has 2 heterocycles. The van der Waals surface area contributed by atoms with E-state index in [1.165, 1.54) is 5.56 Å². The van der Waals surface area contributed by atoms with Crippen LogP contribution >= 0.6 is 11.3 Å². The van der Waals surface area contributed by atoms with Crippen LogP contribution in [0.4, 0.5) is 0 Å². The summed E-state index contributed by atoms with van der Waals surface area (Å²) < 4.78 is 0. The van der Waals surface area contributed by atoms with Crippen LogP contribution in [0.25, 0.3) is 0 Å². The van der Waals surface area contributed by atoms with Gasteiger partial charge in [0.2, 0.25) is 5.91 Å². The van der Waals surface area contributed by atoms with Gasteiger partial charge in [0.15, 0.2) is 5.96 Å². The second-order valence-electron chi connectivity index (χ2n) is 8.38. The number of nitrogens with zero attached hydrogens (tertiary/aromatic N) is 3. The molecule has 1 fully saturated rings. The minimum Gasteiger partial charge on any atom is -0.357 e. The van der Waals surface area contributed by atoms with E-state index in [0.29, 0.717) is 24.3 Å². The third-order valence-electron chi connectivity index (χ3n) is 5.62. The van der Waals surface area contributed by atoms with Crippen molar-refractivity contribution in [1.29, 1.82) is 0 Å². The zero-order chi connectivity index (χ0) is 22.1. The van der Waals surface area contributed by atoms with Crippen molar-refractivity contribution in [2.45, 2.75) is 52.5 Å². The summed E-state index contributed by atoms with van der Waals surface area (Å²) in [6, 6.07) is 10.6. The van der Waals surface area contributed by atoms with Gasteiger partial charge in [0.1, 0.15) is 11.6 Å². The first-order chi connectivity index (χ1) is 15.0. The van der Waals surface area contributed by atoms with E-state index in [1.54, 1.807) is 11.3 Å². The topological polar surface area (TPSA) is 69.6 Å². The Morgan fingerprint density at radius 2 is 1.97 bits per heavy atom. The predicted octanol–water partition coefficient (Wildman–Crippen LogP) is 3.80. The van der Waals surface area contributed by atoms with Gasteiger partial charge in [-0.15, -0.1) is 11.3 Å². The van der Waals surface area contributed by atoms with Gasteiger partial charge >= 0.3 is 0 Å². The number of piperidine rings is 1. The minimum absolute atomic E-state index is 0.103. The molecule has 31 heavy (non-hydrogen) atoms. The molecule has 0 unspecified atom stereocenters. The number of aliphatic imine (C=N–C) groups is 1. The lowest BCUT2D eigenvalue weighted by atomic mass is 9.90. The van der Waals surface area contributed by atoms with Crippen molar-refractivity contribution < 1.29 is 4.79 Å². The van der Waals surface area contributed by atoms with E-state index in [4.69, 9.17) is 0 Å². The van der Waals surface area contributed by atoms with Crippen LogP contribution in [0, 0.1) is 5.92 Å². The molecule has 0 atom stereocenters. The van der Waals surface area contributed by atoms with E-state index in [0.717, 1.165) is 49.6 Å². The van der Waals surface area contributed by atoms with Crippen LogP contribution in [-0.4, -0.2) is 47.9 Å². The molecule has 2 aromatic rings. The van der Waals surface area contributed by atoms with Gasteiger partial charge in [-0.1, -0.05) is 44.2 Å². The molecule has 168 valence electrons. The Balaban J connectivity index is 1.45. The number of guanidine groups is 1. The fraction of sp³-hybridized carbons (Fsp3) is 0.542. The van der Waals surface area contributed by atoms with E-state index >= 15 is 0 Å². The number of likely N-dealkylation sites (tertiary alicyclic amines) is 1. The molecule has 1 aromatic heterocycles. The molecule has 0 radical (unpaired) electrons. The fourth-order valence-corrected chi connectivity index (χ4v) is 4.65. The minimum atomic E-state index is 0.103. The zero-order valence-electron chi connectivity index (χ0n) is 18.9. The van der Waals surface area contributed by atoms with Crippen LogP contribution in [0.2, 0.25) is 0 Å². The summed E-state index contributed by atoms with van der Waals surface area (Å²) in [7, 11) is 0. The number of benzene rings is 1. The Morgan fingerprint density at radius 1 is 1.23 bits per heavy atom. The Kier molecular flexibility index (Phi) is 8.88. The molecule has 2 N–H and O–H groups in total. The van der Waals surface area contributed by atoms with E-state index in [2.05, 4.69) is 70.2 Å². The van der Waals surface area contributed by atoms with Crippen molar-refractivity contribution in [3.8, 4) is 0 Å². The van der Waals surface area contributed by atoms with Crippen LogP contribution in [0.3, 0.4) is 0 Å². The molecule has 1 amide bonds. The lowest BCUT2D eigenvalue weighted by Gasteiger charge is -2.31. The van der Waals surface area contributed by atoms with Crippen molar-refractivity contribution >= 4 is 23.2 Å². The molecule has 1 aliphatic heterocycles. The Hall–Kier alpha value is -2.41. The van der Waals surface area contributed by atoms with E-state index in [1.807, 2.05) is 11.8 Å². The summed E-state index contributed by atoms with van der Waals surface area (Å²) in [5, 5.41) is 9.65. The first kappa shape index (κ1) is 23.3. The van der Waals surface area contributed by atoms with Gasteiger partial charge in [-0.05, 0) is 43.6 Å². The van der Waals surface area contributed by atoms with Gasteiger partial charge in [-0.2, -0.15) is 0 Å². The summed E-state index contributed by atoms with van der Waals surface area (Å²) in [5.74, 6) is 1.85. The molecule has 0 bridgehead atoms. The van der Waals surface area contributed by atoms with Crippen LogP contribution in [0.15, 0.2) is 40.7 Å². The average molecular weight is 442 g/mol. The van der Waals surface area contributed by atoms with Crippen LogP contribution < -0.4 is 10.6 Å². The lowest BCUT2D eigenvalue weighted by molar-refractivity contribution is -0.130. The number of hydrogen-bond donors (Lipinski definition) is 2. The van der Waals surface area contributed by atoms with Gasteiger partial charge in [0.05, 0.1) is 12.2 Å². The van der Waals surface area contributed by atoms with Gasteiger partial charge in [-0.3, -0.25) is 4.79 Å². The number of carbonyl (C=O) groups excluding carboxylic acids is 1. The van der Waals surface area contributed by atoms with Crippen LogP contribution in [-0.2, 0) is 17.8 Å². The van der Waals surface area contributed by atoms with E-state index < -0.39 is 0 Å². The Morgan fingerprint density at radius 3 is 2.61 bits per heavy atom. The number of rotatable bonds is 8. The Bertz CT molecular complexity index is 841. The van der Waals surface area contributed by atoms with Gasteiger partial charge in [0, 0.05) is 25.0 Å². The smallest absolute Gasteiger partial charge is 0.244 e. The fourth-order valence-electron chi connectivity index (χ4n) is 3.75. The molecule has 7 heteroatoms. The van der Waals surface area contributed by atoms with Crippen molar-refractivity contribution in [2.75, 3.05) is 26.2 Å². The van der Waals surface area contributed by atoms with Crippen molar-refractivity contribution in [3.63, 3.8) is 0 Å². The van der Waals surface area contributed by atoms with E-state index in [-0.39, 0.29) is 12.5 Å². The maximum atomic E-state index is 12.7. The lowest BCUT2D eigenvalue weighted by Crippen LogP contribution is -2.41.